The van der Waals surface area contributed by atoms with E-state index in [4.69, 9.17) is 21.2 Å². The molecule has 0 radical (unpaired) electrons. The van der Waals surface area contributed by atoms with Crippen molar-refractivity contribution in [3.05, 3.63) is 22.8 Å². The maximum absolute atomic E-state index is 12.4. The van der Waals surface area contributed by atoms with Crippen LogP contribution in [0.25, 0.3) is 6.08 Å². The van der Waals surface area contributed by atoms with Crippen molar-refractivity contribution in [3.8, 4) is 0 Å². The standard InChI is InChI=1S/C15H18N2O5S3/c18-14-12(24-15(23)17(14)8-9-25(19,20)21)10-11-4-5-13(22-11)16-6-2-1-3-7-16/h4-5,10H,1-3,6-9H2,(H,19,20,21)/b12-10-. The molecule has 0 bridgehead atoms. The molecule has 2 aliphatic rings. The number of furan rings is 1. The second-order valence-corrected chi connectivity index (χ2v) is 9.09. The zero-order chi connectivity index (χ0) is 18.0. The minimum atomic E-state index is -4.15. The summed E-state index contributed by atoms with van der Waals surface area (Å²) >= 11 is 6.21. The van der Waals surface area contributed by atoms with Crippen LogP contribution in [0.1, 0.15) is 25.0 Å². The van der Waals surface area contributed by atoms with Gasteiger partial charge in [0.25, 0.3) is 16.0 Å². The number of anilines is 1. The lowest BCUT2D eigenvalue weighted by molar-refractivity contribution is -0.121. The van der Waals surface area contributed by atoms with E-state index in [1.165, 1.54) is 11.3 Å². The molecule has 2 aliphatic heterocycles. The topological polar surface area (TPSA) is 91.1 Å². The lowest BCUT2D eigenvalue weighted by Crippen LogP contribution is -2.32. The van der Waals surface area contributed by atoms with Gasteiger partial charge in [0.1, 0.15) is 10.1 Å². The van der Waals surface area contributed by atoms with Crippen LogP contribution in [-0.2, 0) is 14.9 Å². The van der Waals surface area contributed by atoms with E-state index in [1.54, 1.807) is 12.1 Å². The van der Waals surface area contributed by atoms with Crippen LogP contribution in [0.3, 0.4) is 0 Å². The summed E-state index contributed by atoms with van der Waals surface area (Å²) in [5.74, 6) is 0.408. The quantitative estimate of drug-likeness (QED) is 0.456. The Morgan fingerprint density at radius 1 is 1.28 bits per heavy atom. The maximum Gasteiger partial charge on any atom is 0.266 e. The number of nitrogens with zero attached hydrogens (tertiary/aromatic N) is 2. The summed E-state index contributed by atoms with van der Waals surface area (Å²) in [6.45, 7) is 1.76. The number of hydrogen-bond acceptors (Lipinski definition) is 7. The highest BCUT2D eigenvalue weighted by Crippen LogP contribution is 2.33. The highest BCUT2D eigenvalue weighted by atomic mass is 32.2. The molecule has 1 N–H and O–H groups in total. The van der Waals surface area contributed by atoms with Gasteiger partial charge in [0.15, 0.2) is 5.88 Å². The molecule has 7 nitrogen and oxygen atoms in total. The molecule has 1 aromatic rings. The Morgan fingerprint density at radius 2 is 2.00 bits per heavy atom. The minimum absolute atomic E-state index is 0.169. The number of hydrogen-bond donors (Lipinski definition) is 1. The van der Waals surface area contributed by atoms with E-state index in [2.05, 4.69) is 4.90 Å². The van der Waals surface area contributed by atoms with E-state index >= 15 is 0 Å². The average Bonchev–Trinajstić information content (AvgIpc) is 3.12. The lowest BCUT2D eigenvalue weighted by Gasteiger charge is -2.25. The van der Waals surface area contributed by atoms with Gasteiger partial charge in [0.2, 0.25) is 0 Å². The van der Waals surface area contributed by atoms with Crippen LogP contribution in [-0.4, -0.2) is 53.5 Å². The van der Waals surface area contributed by atoms with E-state index in [0.717, 1.165) is 43.6 Å². The van der Waals surface area contributed by atoms with Crippen molar-refractivity contribution >= 4 is 56.3 Å². The summed E-state index contributed by atoms with van der Waals surface area (Å²) in [7, 11) is -4.15. The molecule has 2 fully saturated rings. The zero-order valence-electron chi connectivity index (χ0n) is 13.4. The summed E-state index contributed by atoms with van der Waals surface area (Å²) in [4.78, 5) is 16.1. The van der Waals surface area contributed by atoms with Gasteiger partial charge in [0.05, 0.1) is 10.7 Å². The third kappa shape index (κ3) is 4.63. The fourth-order valence-corrected chi connectivity index (χ4v) is 4.43. The maximum atomic E-state index is 12.4. The Kier molecular flexibility index (Phi) is 5.52. The Labute approximate surface area is 155 Å². The van der Waals surface area contributed by atoms with E-state index in [-0.39, 0.29) is 16.8 Å². The molecule has 2 saturated heterocycles. The smallest absolute Gasteiger partial charge is 0.266 e. The van der Waals surface area contributed by atoms with Gasteiger partial charge in [-0.15, -0.1) is 0 Å². The van der Waals surface area contributed by atoms with Crippen molar-refractivity contribution in [2.45, 2.75) is 19.3 Å². The predicted molar refractivity (Wildman–Crippen MR) is 101 cm³/mol. The van der Waals surface area contributed by atoms with Gasteiger partial charge >= 0.3 is 0 Å². The minimum Gasteiger partial charge on any atom is -0.441 e. The van der Waals surface area contributed by atoms with Crippen LogP contribution < -0.4 is 4.90 Å². The van der Waals surface area contributed by atoms with Gasteiger partial charge in [0, 0.05) is 31.8 Å². The fraction of sp³-hybridized carbons (Fsp3) is 0.467. The Balaban J connectivity index is 1.70. The lowest BCUT2D eigenvalue weighted by atomic mass is 10.1. The molecular weight excluding hydrogens is 384 g/mol. The molecule has 0 unspecified atom stereocenters. The molecule has 3 rings (SSSR count). The monoisotopic (exact) mass is 402 g/mol. The first-order valence-corrected chi connectivity index (χ1v) is 10.7. The summed E-state index contributed by atoms with van der Waals surface area (Å²) in [6.07, 6.45) is 5.13. The highest BCUT2D eigenvalue weighted by Gasteiger charge is 2.32. The predicted octanol–water partition coefficient (Wildman–Crippen LogP) is 2.36. The largest absolute Gasteiger partial charge is 0.441 e. The number of carbonyl (C=O) groups excluding carboxylic acids is 1. The van der Waals surface area contributed by atoms with Crippen LogP contribution >= 0.6 is 24.0 Å². The zero-order valence-corrected chi connectivity index (χ0v) is 15.8. The van der Waals surface area contributed by atoms with Gasteiger partial charge in [-0.05, 0) is 25.3 Å². The first-order chi connectivity index (χ1) is 11.8. The molecular formula is C15H18N2O5S3. The molecule has 0 atom stereocenters. The van der Waals surface area contributed by atoms with Gasteiger partial charge in [-0.2, -0.15) is 8.42 Å². The molecule has 0 spiro atoms. The first kappa shape index (κ1) is 18.4. The summed E-state index contributed by atoms with van der Waals surface area (Å²) in [5, 5.41) is 0. The van der Waals surface area contributed by atoms with E-state index < -0.39 is 15.9 Å². The summed E-state index contributed by atoms with van der Waals surface area (Å²) in [5.41, 5.74) is 0. The van der Waals surface area contributed by atoms with Crippen molar-refractivity contribution in [2.24, 2.45) is 0 Å². The molecule has 136 valence electrons. The van der Waals surface area contributed by atoms with Crippen molar-refractivity contribution in [1.29, 1.82) is 0 Å². The number of piperidine rings is 1. The number of amides is 1. The van der Waals surface area contributed by atoms with Crippen LogP contribution in [0.15, 0.2) is 21.5 Å². The van der Waals surface area contributed by atoms with Crippen molar-refractivity contribution in [1.82, 2.24) is 4.90 Å². The third-order valence-corrected chi connectivity index (χ3v) is 6.08. The second kappa shape index (κ2) is 7.48. The molecule has 25 heavy (non-hydrogen) atoms. The van der Waals surface area contributed by atoms with Crippen LogP contribution in [0, 0.1) is 0 Å². The normalized spacial score (nSPS) is 20.8. The molecule has 0 aromatic carbocycles. The number of carbonyl (C=O) groups is 1. The van der Waals surface area contributed by atoms with Crippen molar-refractivity contribution < 1.29 is 22.2 Å². The second-order valence-electron chi connectivity index (χ2n) is 5.84. The SMILES string of the molecule is O=C1/C(=C/c2ccc(N3CCCCC3)o2)SC(=S)N1CCS(=O)(=O)O. The van der Waals surface area contributed by atoms with Crippen molar-refractivity contribution in [3.63, 3.8) is 0 Å². The van der Waals surface area contributed by atoms with Gasteiger partial charge in [-0.25, -0.2) is 0 Å². The average molecular weight is 403 g/mol. The molecule has 10 heteroatoms. The molecule has 0 aliphatic carbocycles. The molecule has 3 heterocycles. The van der Waals surface area contributed by atoms with E-state index in [9.17, 15) is 13.2 Å². The Bertz CT molecular complexity index is 809. The van der Waals surface area contributed by atoms with Crippen LogP contribution in [0.2, 0.25) is 0 Å². The number of rotatable bonds is 5. The molecule has 1 aromatic heterocycles. The van der Waals surface area contributed by atoms with E-state index in [1.807, 2.05) is 6.07 Å². The molecule has 1 amide bonds. The van der Waals surface area contributed by atoms with Gasteiger partial charge in [-0.1, -0.05) is 24.0 Å². The van der Waals surface area contributed by atoms with Crippen LogP contribution in [0.5, 0.6) is 0 Å². The Morgan fingerprint density at radius 3 is 2.68 bits per heavy atom. The Hall–Kier alpha value is -1.36. The van der Waals surface area contributed by atoms with E-state index in [0.29, 0.717) is 10.7 Å². The van der Waals surface area contributed by atoms with Crippen LogP contribution in [0.4, 0.5) is 5.88 Å². The summed E-state index contributed by atoms with van der Waals surface area (Å²) < 4.78 is 36.6. The third-order valence-electron chi connectivity index (χ3n) is 4.00. The highest BCUT2D eigenvalue weighted by molar-refractivity contribution is 8.26. The molecule has 0 saturated carbocycles. The van der Waals surface area contributed by atoms with Gasteiger partial charge in [-0.3, -0.25) is 14.2 Å². The van der Waals surface area contributed by atoms with Gasteiger partial charge < -0.3 is 9.32 Å². The fourth-order valence-electron chi connectivity index (χ4n) is 2.73. The summed E-state index contributed by atoms with van der Waals surface area (Å²) in [6, 6.07) is 3.69. The first-order valence-electron chi connectivity index (χ1n) is 7.89. The van der Waals surface area contributed by atoms with Crippen molar-refractivity contribution in [2.75, 3.05) is 30.3 Å². The number of thioether (sulfide) groups is 1. The number of thiocarbonyl (C=S) groups is 1.